The maximum atomic E-state index is 12.3. The van der Waals surface area contributed by atoms with E-state index in [0.717, 1.165) is 35.9 Å². The summed E-state index contributed by atoms with van der Waals surface area (Å²) in [4.78, 5) is 12.3. The maximum Gasteiger partial charge on any atom is 0.224 e. The van der Waals surface area contributed by atoms with Crippen molar-refractivity contribution in [2.45, 2.75) is 52.1 Å². The van der Waals surface area contributed by atoms with E-state index in [2.05, 4.69) is 37.5 Å². The first-order valence-corrected chi connectivity index (χ1v) is 8.04. The van der Waals surface area contributed by atoms with Gasteiger partial charge in [-0.2, -0.15) is 0 Å². The van der Waals surface area contributed by atoms with Crippen LogP contribution in [0.5, 0.6) is 0 Å². The van der Waals surface area contributed by atoms with Crippen LogP contribution in [-0.4, -0.2) is 24.5 Å². The molecule has 5 heteroatoms. The molecule has 4 nitrogen and oxygen atoms in total. The molecule has 1 aliphatic heterocycles. The molecule has 0 saturated carbocycles. The van der Waals surface area contributed by atoms with Gasteiger partial charge in [-0.15, -0.1) is 12.4 Å². The summed E-state index contributed by atoms with van der Waals surface area (Å²) >= 11 is 0. The predicted molar refractivity (Wildman–Crippen MR) is 95.3 cm³/mol. The van der Waals surface area contributed by atoms with E-state index in [1.54, 1.807) is 6.26 Å². The number of hydrogen-bond donors (Lipinski definition) is 2. The molecule has 2 heterocycles. The van der Waals surface area contributed by atoms with Crippen molar-refractivity contribution in [3.05, 3.63) is 35.1 Å². The lowest BCUT2D eigenvalue weighted by atomic mass is 9.99. The van der Waals surface area contributed by atoms with E-state index in [9.17, 15) is 4.79 Å². The van der Waals surface area contributed by atoms with E-state index in [0.29, 0.717) is 12.5 Å². The molecule has 3 rings (SSSR count). The zero-order valence-corrected chi connectivity index (χ0v) is 14.8. The zero-order chi connectivity index (χ0) is 15.7. The monoisotopic (exact) mass is 336 g/mol. The average molecular weight is 337 g/mol. The molecule has 0 aliphatic carbocycles. The second kappa shape index (κ2) is 7.37. The molecule has 1 amide bonds. The number of halogens is 1. The fourth-order valence-electron chi connectivity index (χ4n) is 3.15. The van der Waals surface area contributed by atoms with E-state index < -0.39 is 0 Å². The average Bonchev–Trinajstić information content (AvgIpc) is 2.84. The summed E-state index contributed by atoms with van der Waals surface area (Å²) in [6.07, 6.45) is 4.25. The topological polar surface area (TPSA) is 54.3 Å². The molecule has 2 aromatic rings. The standard InChI is InChI=1S/C18H24N2O2.ClH/c1-11-7-15-14(10-22-17(15)8-12(11)2)9-18(21)20-16-5-4-6-19-13(16)3;/h7-8,10,13,16,19H,4-6,9H2,1-3H3,(H,20,21);1H. The summed E-state index contributed by atoms with van der Waals surface area (Å²) in [7, 11) is 0. The Labute approximate surface area is 143 Å². The van der Waals surface area contributed by atoms with Gasteiger partial charge in [0.25, 0.3) is 0 Å². The number of hydrogen-bond acceptors (Lipinski definition) is 3. The quantitative estimate of drug-likeness (QED) is 0.904. The van der Waals surface area contributed by atoms with Gasteiger partial charge < -0.3 is 15.1 Å². The molecule has 0 radical (unpaired) electrons. The van der Waals surface area contributed by atoms with Crippen LogP contribution in [0.15, 0.2) is 22.8 Å². The van der Waals surface area contributed by atoms with Gasteiger partial charge in [0.05, 0.1) is 12.7 Å². The van der Waals surface area contributed by atoms with Gasteiger partial charge in [0.2, 0.25) is 5.91 Å². The highest BCUT2D eigenvalue weighted by Gasteiger charge is 2.22. The van der Waals surface area contributed by atoms with Crippen LogP contribution in [0.3, 0.4) is 0 Å². The molecule has 0 spiro atoms. The van der Waals surface area contributed by atoms with E-state index in [4.69, 9.17) is 4.42 Å². The highest BCUT2D eigenvalue weighted by molar-refractivity contribution is 5.88. The van der Waals surface area contributed by atoms with Crippen molar-refractivity contribution in [2.75, 3.05) is 6.54 Å². The lowest BCUT2D eigenvalue weighted by molar-refractivity contribution is -0.121. The fraction of sp³-hybridized carbons (Fsp3) is 0.500. The number of piperidine rings is 1. The number of aryl methyl sites for hydroxylation is 2. The van der Waals surface area contributed by atoms with Gasteiger partial charge in [0.15, 0.2) is 0 Å². The van der Waals surface area contributed by atoms with Gasteiger partial charge in [0, 0.05) is 23.0 Å². The summed E-state index contributed by atoms with van der Waals surface area (Å²) in [6, 6.07) is 4.72. The number of carbonyl (C=O) groups is 1. The van der Waals surface area contributed by atoms with Crippen molar-refractivity contribution in [2.24, 2.45) is 0 Å². The molecule has 1 aromatic heterocycles. The van der Waals surface area contributed by atoms with Crippen LogP contribution in [0.4, 0.5) is 0 Å². The molecule has 2 atom stereocenters. The molecule has 1 aromatic carbocycles. The van der Waals surface area contributed by atoms with Crippen LogP contribution >= 0.6 is 12.4 Å². The van der Waals surface area contributed by atoms with Gasteiger partial charge in [-0.3, -0.25) is 4.79 Å². The van der Waals surface area contributed by atoms with Crippen LogP contribution in [0.2, 0.25) is 0 Å². The number of carbonyl (C=O) groups excluding carboxylic acids is 1. The van der Waals surface area contributed by atoms with Crippen LogP contribution in [0.1, 0.15) is 36.5 Å². The predicted octanol–water partition coefficient (Wildman–Crippen LogP) is 3.27. The lowest BCUT2D eigenvalue weighted by Crippen LogP contribution is -2.52. The second-order valence-electron chi connectivity index (χ2n) is 6.43. The van der Waals surface area contributed by atoms with Gasteiger partial charge >= 0.3 is 0 Å². The summed E-state index contributed by atoms with van der Waals surface area (Å²) < 4.78 is 5.60. The van der Waals surface area contributed by atoms with E-state index in [1.165, 1.54) is 11.1 Å². The molecule has 1 aliphatic rings. The molecule has 1 saturated heterocycles. The van der Waals surface area contributed by atoms with Crippen molar-refractivity contribution >= 4 is 29.3 Å². The van der Waals surface area contributed by atoms with Gasteiger partial charge in [-0.1, -0.05) is 0 Å². The molecular formula is C18H25ClN2O2. The lowest BCUT2D eigenvalue weighted by Gasteiger charge is -2.30. The van der Waals surface area contributed by atoms with E-state index in [-0.39, 0.29) is 24.4 Å². The maximum absolute atomic E-state index is 12.3. The Morgan fingerprint density at radius 1 is 1.35 bits per heavy atom. The summed E-state index contributed by atoms with van der Waals surface area (Å²) in [5.41, 5.74) is 4.26. The minimum Gasteiger partial charge on any atom is -0.464 e. The third-order valence-electron chi connectivity index (χ3n) is 4.73. The third kappa shape index (κ3) is 3.88. The minimum atomic E-state index is 0. The normalized spacial score (nSPS) is 21.0. The van der Waals surface area contributed by atoms with Crippen molar-refractivity contribution in [1.29, 1.82) is 0 Å². The van der Waals surface area contributed by atoms with Gasteiger partial charge in [0.1, 0.15) is 5.58 Å². The van der Waals surface area contributed by atoms with Crippen molar-refractivity contribution in [1.82, 2.24) is 10.6 Å². The number of fused-ring (bicyclic) bond motifs is 1. The molecule has 2 unspecified atom stereocenters. The number of rotatable bonds is 3. The first-order valence-electron chi connectivity index (χ1n) is 8.04. The Morgan fingerprint density at radius 2 is 2.09 bits per heavy atom. The molecule has 2 N–H and O–H groups in total. The van der Waals surface area contributed by atoms with Crippen LogP contribution in [-0.2, 0) is 11.2 Å². The van der Waals surface area contributed by atoms with Crippen molar-refractivity contribution < 1.29 is 9.21 Å². The van der Waals surface area contributed by atoms with Crippen molar-refractivity contribution in [3.63, 3.8) is 0 Å². The fourth-order valence-corrected chi connectivity index (χ4v) is 3.15. The van der Waals surface area contributed by atoms with E-state index >= 15 is 0 Å². The van der Waals surface area contributed by atoms with Crippen LogP contribution < -0.4 is 10.6 Å². The largest absolute Gasteiger partial charge is 0.464 e. The molecule has 0 bridgehead atoms. The minimum absolute atomic E-state index is 0. The second-order valence-corrected chi connectivity index (χ2v) is 6.43. The van der Waals surface area contributed by atoms with Crippen molar-refractivity contribution in [3.8, 4) is 0 Å². The highest BCUT2D eigenvalue weighted by atomic mass is 35.5. The molecular weight excluding hydrogens is 312 g/mol. The Morgan fingerprint density at radius 3 is 2.83 bits per heavy atom. The number of nitrogens with one attached hydrogen (secondary N) is 2. The first-order chi connectivity index (χ1) is 10.5. The van der Waals surface area contributed by atoms with Crippen LogP contribution in [0, 0.1) is 13.8 Å². The van der Waals surface area contributed by atoms with Gasteiger partial charge in [-0.05, 0) is 63.4 Å². The highest BCUT2D eigenvalue weighted by Crippen LogP contribution is 2.25. The summed E-state index contributed by atoms with van der Waals surface area (Å²) in [5.74, 6) is 0.0708. The molecule has 23 heavy (non-hydrogen) atoms. The Bertz CT molecular complexity index is 696. The number of furan rings is 1. The van der Waals surface area contributed by atoms with Gasteiger partial charge in [-0.25, -0.2) is 0 Å². The summed E-state index contributed by atoms with van der Waals surface area (Å²) in [6.45, 7) is 7.32. The number of benzene rings is 1. The Kier molecular flexibility index (Phi) is 5.71. The van der Waals surface area contributed by atoms with Crippen LogP contribution in [0.25, 0.3) is 11.0 Å². The Hall–Kier alpha value is -1.52. The SMILES string of the molecule is Cc1cc2occ(CC(=O)NC3CCCNC3C)c2cc1C.Cl. The number of amides is 1. The zero-order valence-electron chi connectivity index (χ0n) is 13.9. The first kappa shape index (κ1) is 17.8. The molecule has 126 valence electrons. The Balaban J connectivity index is 0.00000192. The molecule has 1 fully saturated rings. The summed E-state index contributed by atoms with van der Waals surface area (Å²) in [5, 5.41) is 7.61. The third-order valence-corrected chi connectivity index (χ3v) is 4.73. The smallest absolute Gasteiger partial charge is 0.224 e. The van der Waals surface area contributed by atoms with E-state index in [1.807, 2.05) is 6.07 Å².